The summed E-state index contributed by atoms with van der Waals surface area (Å²) < 4.78 is 39.4. The van der Waals surface area contributed by atoms with Gasteiger partial charge in [-0.2, -0.15) is 13.2 Å². The molecule has 2 aromatic heterocycles. The van der Waals surface area contributed by atoms with Crippen LogP contribution in [0.4, 0.5) is 34.6 Å². The van der Waals surface area contributed by atoms with Gasteiger partial charge in [-0.25, -0.2) is 14.8 Å². The number of nitrogens with zero attached hydrogens (tertiary/aromatic N) is 3. The van der Waals surface area contributed by atoms with Crippen LogP contribution in [0.2, 0.25) is 0 Å². The van der Waals surface area contributed by atoms with E-state index in [1.54, 1.807) is 18.2 Å². The van der Waals surface area contributed by atoms with Crippen LogP contribution in [0.5, 0.6) is 0 Å². The molecule has 0 fully saturated rings. The molecule has 0 unspecified atom stereocenters. The average Bonchev–Trinajstić information content (AvgIpc) is 2.92. The van der Waals surface area contributed by atoms with Crippen molar-refractivity contribution >= 4 is 34.0 Å². The maximum absolute atomic E-state index is 13.1. The van der Waals surface area contributed by atoms with Gasteiger partial charge in [0.2, 0.25) is 0 Å². The molecule has 2 amide bonds. The quantitative estimate of drug-likeness (QED) is 0.529. The SMILES string of the molecule is Cc1nc(NC(=O)N2CCCNc3ccc(-c4cccc(C(F)(F)F)c4)nc32)sc1C. The van der Waals surface area contributed by atoms with E-state index in [-0.39, 0.29) is 6.03 Å². The minimum absolute atomic E-state index is 0.327. The van der Waals surface area contributed by atoms with E-state index in [0.29, 0.717) is 47.4 Å². The van der Waals surface area contributed by atoms with E-state index in [1.165, 1.54) is 22.3 Å². The number of carbonyl (C=O) groups is 1. The van der Waals surface area contributed by atoms with E-state index in [2.05, 4.69) is 20.6 Å². The molecular weight excluding hydrogens is 427 g/mol. The van der Waals surface area contributed by atoms with Gasteiger partial charge in [-0.05, 0) is 44.5 Å². The van der Waals surface area contributed by atoms with Gasteiger partial charge in [-0.15, -0.1) is 11.3 Å². The Morgan fingerprint density at radius 1 is 1.19 bits per heavy atom. The van der Waals surface area contributed by atoms with Crippen LogP contribution in [0, 0.1) is 13.8 Å². The number of anilines is 3. The van der Waals surface area contributed by atoms with Crippen LogP contribution in [0.25, 0.3) is 11.3 Å². The maximum Gasteiger partial charge on any atom is 0.416 e. The van der Waals surface area contributed by atoms with E-state index in [9.17, 15) is 18.0 Å². The monoisotopic (exact) mass is 447 g/mol. The smallest absolute Gasteiger partial charge is 0.382 e. The van der Waals surface area contributed by atoms with Crippen LogP contribution >= 0.6 is 11.3 Å². The molecule has 3 heterocycles. The molecule has 10 heteroatoms. The fourth-order valence-corrected chi connectivity index (χ4v) is 4.06. The molecule has 1 aliphatic heterocycles. The van der Waals surface area contributed by atoms with E-state index >= 15 is 0 Å². The van der Waals surface area contributed by atoms with Crippen LogP contribution in [0.3, 0.4) is 0 Å². The molecule has 6 nitrogen and oxygen atoms in total. The van der Waals surface area contributed by atoms with Crippen molar-refractivity contribution in [2.45, 2.75) is 26.4 Å². The highest BCUT2D eigenvalue weighted by Gasteiger charge is 2.31. The molecule has 0 bridgehead atoms. The van der Waals surface area contributed by atoms with Gasteiger partial charge in [0.1, 0.15) is 0 Å². The van der Waals surface area contributed by atoms with Crippen molar-refractivity contribution in [1.82, 2.24) is 9.97 Å². The summed E-state index contributed by atoms with van der Waals surface area (Å²) in [6.07, 6.45) is -3.75. The van der Waals surface area contributed by atoms with E-state index in [4.69, 9.17) is 0 Å². The number of hydrogen-bond donors (Lipinski definition) is 2. The van der Waals surface area contributed by atoms with Gasteiger partial charge in [-0.3, -0.25) is 10.2 Å². The lowest BCUT2D eigenvalue weighted by molar-refractivity contribution is -0.137. The second kappa shape index (κ2) is 8.18. The lowest BCUT2D eigenvalue weighted by Gasteiger charge is -2.22. The number of hydrogen-bond acceptors (Lipinski definition) is 5. The Kier molecular flexibility index (Phi) is 5.57. The number of urea groups is 1. The first-order chi connectivity index (χ1) is 14.7. The third kappa shape index (κ3) is 4.48. The zero-order valence-electron chi connectivity index (χ0n) is 16.9. The molecule has 1 aromatic carbocycles. The number of alkyl halides is 3. The zero-order valence-corrected chi connectivity index (χ0v) is 17.7. The van der Waals surface area contributed by atoms with Crippen molar-refractivity contribution < 1.29 is 18.0 Å². The van der Waals surface area contributed by atoms with Gasteiger partial charge in [0.15, 0.2) is 10.9 Å². The lowest BCUT2D eigenvalue weighted by Crippen LogP contribution is -2.36. The van der Waals surface area contributed by atoms with Crippen molar-refractivity contribution in [3.8, 4) is 11.3 Å². The first-order valence-corrected chi connectivity index (χ1v) is 10.5. The fraction of sp³-hybridized carbons (Fsp3) is 0.286. The minimum atomic E-state index is -4.45. The van der Waals surface area contributed by atoms with Crippen LogP contribution in [0.15, 0.2) is 36.4 Å². The number of carbonyl (C=O) groups excluding carboxylic acids is 1. The molecule has 0 saturated carbocycles. The number of thiazole rings is 1. The number of amides is 2. The Labute approximate surface area is 181 Å². The van der Waals surface area contributed by atoms with Crippen LogP contribution in [0.1, 0.15) is 22.6 Å². The lowest BCUT2D eigenvalue weighted by atomic mass is 10.1. The molecule has 0 saturated heterocycles. The first-order valence-electron chi connectivity index (χ1n) is 9.67. The van der Waals surface area contributed by atoms with E-state index in [1.807, 2.05) is 13.8 Å². The van der Waals surface area contributed by atoms with E-state index < -0.39 is 11.7 Å². The third-order valence-electron chi connectivity index (χ3n) is 4.98. The Morgan fingerprint density at radius 3 is 2.71 bits per heavy atom. The Hall–Kier alpha value is -3.14. The largest absolute Gasteiger partial charge is 0.416 e. The molecule has 0 radical (unpaired) electrons. The number of pyridine rings is 1. The normalized spacial score (nSPS) is 13.9. The van der Waals surface area contributed by atoms with E-state index in [0.717, 1.165) is 22.7 Å². The van der Waals surface area contributed by atoms with Crippen LogP contribution in [-0.2, 0) is 6.18 Å². The number of benzene rings is 1. The van der Waals surface area contributed by atoms with Crippen LogP contribution < -0.4 is 15.5 Å². The van der Waals surface area contributed by atoms with Gasteiger partial charge in [-0.1, -0.05) is 12.1 Å². The number of aromatic nitrogens is 2. The Morgan fingerprint density at radius 2 is 2.00 bits per heavy atom. The Balaban J connectivity index is 1.68. The zero-order chi connectivity index (χ0) is 22.2. The number of aryl methyl sites for hydroxylation is 2. The van der Waals surface area contributed by atoms with Gasteiger partial charge >= 0.3 is 12.2 Å². The standard InChI is InChI=1S/C21H20F3N5OS/c1-12-13(2)31-19(26-12)28-20(30)29-10-4-9-25-17-8-7-16(27-18(17)29)14-5-3-6-15(11-14)21(22,23)24/h3,5-8,11,25H,4,9-10H2,1-2H3,(H,26,28,30). The topological polar surface area (TPSA) is 70.2 Å². The molecule has 0 atom stereocenters. The summed E-state index contributed by atoms with van der Waals surface area (Å²) in [5.74, 6) is 0.370. The number of nitrogens with one attached hydrogen (secondary N) is 2. The predicted octanol–water partition coefficient (Wildman–Crippen LogP) is 5.69. The Bertz CT molecular complexity index is 1110. The second-order valence-corrected chi connectivity index (χ2v) is 8.37. The molecule has 2 N–H and O–H groups in total. The van der Waals surface area contributed by atoms with Crippen molar-refractivity contribution in [2.75, 3.05) is 28.6 Å². The summed E-state index contributed by atoms with van der Waals surface area (Å²) in [6.45, 7) is 4.86. The highest BCUT2D eigenvalue weighted by atomic mass is 32.1. The van der Waals surface area contributed by atoms with Gasteiger partial charge < -0.3 is 5.32 Å². The van der Waals surface area contributed by atoms with Crippen LogP contribution in [-0.4, -0.2) is 29.1 Å². The highest BCUT2D eigenvalue weighted by Crippen LogP contribution is 2.34. The number of fused-ring (bicyclic) bond motifs is 1. The molecule has 0 aliphatic carbocycles. The minimum Gasteiger partial charge on any atom is -0.382 e. The summed E-state index contributed by atoms with van der Waals surface area (Å²) >= 11 is 1.38. The summed E-state index contributed by atoms with van der Waals surface area (Å²) in [7, 11) is 0. The number of halogens is 3. The second-order valence-electron chi connectivity index (χ2n) is 7.17. The van der Waals surface area contributed by atoms with Crippen molar-refractivity contribution in [3.05, 3.63) is 52.5 Å². The average molecular weight is 447 g/mol. The molecule has 31 heavy (non-hydrogen) atoms. The van der Waals surface area contributed by atoms with Crippen molar-refractivity contribution in [2.24, 2.45) is 0 Å². The molecule has 0 spiro atoms. The van der Waals surface area contributed by atoms with Gasteiger partial charge in [0, 0.05) is 23.5 Å². The van der Waals surface area contributed by atoms with Gasteiger partial charge in [0.05, 0.1) is 22.6 Å². The van der Waals surface area contributed by atoms with Gasteiger partial charge in [0.25, 0.3) is 0 Å². The molecule has 4 rings (SSSR count). The first kappa shape index (κ1) is 21.1. The molecule has 1 aliphatic rings. The highest BCUT2D eigenvalue weighted by molar-refractivity contribution is 7.15. The predicted molar refractivity (Wildman–Crippen MR) is 116 cm³/mol. The maximum atomic E-state index is 13.1. The number of rotatable bonds is 2. The third-order valence-corrected chi connectivity index (χ3v) is 5.97. The summed E-state index contributed by atoms with van der Waals surface area (Å²) in [5, 5.41) is 6.53. The van der Waals surface area contributed by atoms with Crippen molar-refractivity contribution in [3.63, 3.8) is 0 Å². The summed E-state index contributed by atoms with van der Waals surface area (Å²) in [4.78, 5) is 24.4. The summed E-state index contributed by atoms with van der Waals surface area (Å²) in [6, 6.07) is 8.00. The molecule has 3 aromatic rings. The van der Waals surface area contributed by atoms with Crippen molar-refractivity contribution in [1.29, 1.82) is 0 Å². The summed E-state index contributed by atoms with van der Waals surface area (Å²) in [5.41, 5.74) is 1.43. The fourth-order valence-electron chi connectivity index (χ4n) is 3.26. The molecular formula is C21H20F3N5OS. The molecule has 162 valence electrons.